The number of hydrogen-bond donors (Lipinski definition) is 1. The van der Waals surface area contributed by atoms with Crippen molar-refractivity contribution in [2.24, 2.45) is 5.73 Å². The summed E-state index contributed by atoms with van der Waals surface area (Å²) in [4.78, 5) is 24.5. The zero-order chi connectivity index (χ0) is 12.4. The molecule has 1 aliphatic rings. The van der Waals surface area contributed by atoms with Gasteiger partial charge in [0.25, 0.3) is 0 Å². The predicted octanol–water partition coefficient (Wildman–Crippen LogP) is 0.666. The molecular formula is C13H16N2O2. The highest BCUT2D eigenvalue weighted by molar-refractivity contribution is 6.05. The van der Waals surface area contributed by atoms with Crippen molar-refractivity contribution in [2.75, 3.05) is 18.0 Å². The van der Waals surface area contributed by atoms with Gasteiger partial charge in [0.2, 0.25) is 5.91 Å². The van der Waals surface area contributed by atoms with E-state index in [4.69, 9.17) is 5.73 Å². The molecule has 2 N–H and O–H groups in total. The third-order valence-corrected chi connectivity index (χ3v) is 2.89. The van der Waals surface area contributed by atoms with Crippen molar-refractivity contribution in [1.82, 2.24) is 0 Å². The highest BCUT2D eigenvalue weighted by Gasteiger charge is 2.27. The van der Waals surface area contributed by atoms with E-state index in [1.807, 2.05) is 18.2 Å². The van der Waals surface area contributed by atoms with Crippen molar-refractivity contribution in [3.05, 3.63) is 29.3 Å². The molecule has 2 rings (SSSR count). The Labute approximate surface area is 100 Å². The molecule has 1 aliphatic heterocycles. The van der Waals surface area contributed by atoms with Gasteiger partial charge in [0, 0.05) is 5.69 Å². The number of fused-ring (bicyclic) bond motifs is 1. The minimum Gasteiger partial charge on any atom is -0.330 e. The number of benzene rings is 1. The molecule has 17 heavy (non-hydrogen) atoms. The standard InChI is InChI=1S/C13H16N2O2/c1-9(16)8-15-12-3-2-10(4-5-14)6-11(12)7-13(15)17/h2-3,6H,4-5,7-8,14H2,1H3. The Balaban J connectivity index is 2.28. The third-order valence-electron chi connectivity index (χ3n) is 2.89. The lowest BCUT2D eigenvalue weighted by Crippen LogP contribution is -2.31. The Kier molecular flexibility index (Phi) is 3.24. The second kappa shape index (κ2) is 4.67. The number of nitrogens with two attached hydrogens (primary N) is 1. The maximum atomic E-state index is 11.8. The fourth-order valence-corrected chi connectivity index (χ4v) is 2.15. The number of hydrogen-bond acceptors (Lipinski definition) is 3. The molecular weight excluding hydrogens is 216 g/mol. The van der Waals surface area contributed by atoms with Crippen molar-refractivity contribution in [1.29, 1.82) is 0 Å². The Morgan fingerprint density at radius 2 is 2.24 bits per heavy atom. The summed E-state index contributed by atoms with van der Waals surface area (Å²) in [6.45, 7) is 2.26. The number of carbonyl (C=O) groups is 2. The van der Waals surface area contributed by atoms with Crippen LogP contribution in [-0.2, 0) is 22.4 Å². The monoisotopic (exact) mass is 232 g/mol. The summed E-state index contributed by atoms with van der Waals surface area (Å²) in [6, 6.07) is 5.89. The first-order valence-electron chi connectivity index (χ1n) is 5.73. The molecule has 0 saturated heterocycles. The van der Waals surface area contributed by atoms with Gasteiger partial charge in [-0.1, -0.05) is 12.1 Å². The number of ketones is 1. The van der Waals surface area contributed by atoms with E-state index in [9.17, 15) is 9.59 Å². The third kappa shape index (κ3) is 2.36. The minimum absolute atomic E-state index is 0.0000912. The Bertz CT molecular complexity index is 468. The molecule has 0 fully saturated rings. The van der Waals surface area contributed by atoms with E-state index in [1.165, 1.54) is 6.92 Å². The molecule has 0 aromatic heterocycles. The smallest absolute Gasteiger partial charge is 0.231 e. The molecule has 0 bridgehead atoms. The van der Waals surface area contributed by atoms with Gasteiger partial charge in [-0.3, -0.25) is 9.59 Å². The van der Waals surface area contributed by atoms with Crippen LogP contribution >= 0.6 is 0 Å². The molecule has 0 aliphatic carbocycles. The quantitative estimate of drug-likeness (QED) is 0.829. The number of Topliss-reactive ketones (excluding diaryl/α,β-unsaturated/α-hetero) is 1. The largest absolute Gasteiger partial charge is 0.330 e. The molecule has 90 valence electrons. The van der Waals surface area contributed by atoms with Gasteiger partial charge in [-0.2, -0.15) is 0 Å². The Morgan fingerprint density at radius 3 is 2.88 bits per heavy atom. The molecule has 0 atom stereocenters. The van der Waals surface area contributed by atoms with E-state index in [0.717, 1.165) is 23.2 Å². The van der Waals surface area contributed by atoms with E-state index in [1.54, 1.807) is 4.90 Å². The normalized spacial score (nSPS) is 14.0. The maximum absolute atomic E-state index is 11.8. The van der Waals surface area contributed by atoms with E-state index < -0.39 is 0 Å². The second-order valence-electron chi connectivity index (χ2n) is 4.36. The van der Waals surface area contributed by atoms with E-state index in [2.05, 4.69) is 0 Å². The Hall–Kier alpha value is -1.68. The lowest BCUT2D eigenvalue weighted by atomic mass is 10.1. The van der Waals surface area contributed by atoms with Crippen LogP contribution in [0, 0.1) is 0 Å². The summed E-state index contributed by atoms with van der Waals surface area (Å²) < 4.78 is 0. The first-order chi connectivity index (χ1) is 8.11. The van der Waals surface area contributed by atoms with E-state index >= 15 is 0 Å². The van der Waals surface area contributed by atoms with Crippen LogP contribution in [0.1, 0.15) is 18.1 Å². The van der Waals surface area contributed by atoms with Gasteiger partial charge in [0.15, 0.2) is 0 Å². The van der Waals surface area contributed by atoms with Gasteiger partial charge >= 0.3 is 0 Å². The second-order valence-corrected chi connectivity index (χ2v) is 4.36. The first-order valence-corrected chi connectivity index (χ1v) is 5.73. The molecule has 0 saturated carbocycles. The van der Waals surface area contributed by atoms with Gasteiger partial charge in [-0.05, 0) is 37.1 Å². The predicted molar refractivity (Wildman–Crippen MR) is 65.9 cm³/mol. The number of nitrogens with zero attached hydrogens (tertiary/aromatic N) is 1. The van der Waals surface area contributed by atoms with Crippen molar-refractivity contribution in [2.45, 2.75) is 19.8 Å². The Morgan fingerprint density at radius 1 is 1.47 bits per heavy atom. The fourth-order valence-electron chi connectivity index (χ4n) is 2.15. The highest BCUT2D eigenvalue weighted by Crippen LogP contribution is 2.29. The molecule has 4 nitrogen and oxygen atoms in total. The molecule has 0 unspecified atom stereocenters. The molecule has 1 aromatic rings. The van der Waals surface area contributed by atoms with Crippen LogP contribution in [0.25, 0.3) is 0 Å². The van der Waals surface area contributed by atoms with Gasteiger partial charge in [-0.25, -0.2) is 0 Å². The van der Waals surface area contributed by atoms with Crippen LogP contribution in [-0.4, -0.2) is 24.8 Å². The topological polar surface area (TPSA) is 63.4 Å². The fraction of sp³-hybridized carbons (Fsp3) is 0.385. The number of amides is 1. The molecule has 4 heteroatoms. The molecule has 1 heterocycles. The summed E-state index contributed by atoms with van der Waals surface area (Å²) in [5, 5.41) is 0. The minimum atomic E-state index is -0.00256. The van der Waals surface area contributed by atoms with Crippen molar-refractivity contribution in [3.8, 4) is 0 Å². The summed E-state index contributed by atoms with van der Waals surface area (Å²) >= 11 is 0. The molecule has 1 aromatic carbocycles. The zero-order valence-electron chi connectivity index (χ0n) is 9.90. The van der Waals surface area contributed by atoms with Crippen LogP contribution in [0.15, 0.2) is 18.2 Å². The van der Waals surface area contributed by atoms with E-state index in [0.29, 0.717) is 13.0 Å². The summed E-state index contributed by atoms with van der Waals surface area (Å²) in [5.41, 5.74) is 8.52. The first kappa shape index (κ1) is 11.8. The number of anilines is 1. The molecule has 0 spiro atoms. The van der Waals surface area contributed by atoms with E-state index in [-0.39, 0.29) is 18.2 Å². The summed E-state index contributed by atoms with van der Waals surface area (Å²) in [6.07, 6.45) is 1.20. The van der Waals surface area contributed by atoms with Gasteiger partial charge < -0.3 is 10.6 Å². The number of rotatable bonds is 4. The SMILES string of the molecule is CC(=O)CN1C(=O)Cc2cc(CCN)ccc21. The van der Waals surface area contributed by atoms with Crippen LogP contribution in [0.3, 0.4) is 0 Å². The molecule has 1 amide bonds. The number of carbonyl (C=O) groups excluding carboxylic acids is 2. The van der Waals surface area contributed by atoms with Gasteiger partial charge in [-0.15, -0.1) is 0 Å². The van der Waals surface area contributed by atoms with Crippen LogP contribution in [0.5, 0.6) is 0 Å². The zero-order valence-corrected chi connectivity index (χ0v) is 9.90. The van der Waals surface area contributed by atoms with Crippen LogP contribution in [0.4, 0.5) is 5.69 Å². The van der Waals surface area contributed by atoms with Crippen molar-refractivity contribution >= 4 is 17.4 Å². The van der Waals surface area contributed by atoms with Crippen molar-refractivity contribution < 1.29 is 9.59 Å². The van der Waals surface area contributed by atoms with Gasteiger partial charge in [0.1, 0.15) is 5.78 Å². The maximum Gasteiger partial charge on any atom is 0.231 e. The van der Waals surface area contributed by atoms with Crippen LogP contribution in [0.2, 0.25) is 0 Å². The average molecular weight is 232 g/mol. The summed E-state index contributed by atoms with van der Waals surface area (Å²) in [5.74, 6) is -0.00247. The highest BCUT2D eigenvalue weighted by atomic mass is 16.2. The van der Waals surface area contributed by atoms with Gasteiger partial charge in [0.05, 0.1) is 13.0 Å². The molecule has 0 radical (unpaired) electrons. The average Bonchev–Trinajstić information content (AvgIpc) is 2.55. The lowest BCUT2D eigenvalue weighted by Gasteiger charge is -2.15. The lowest BCUT2D eigenvalue weighted by molar-refractivity contribution is -0.121. The van der Waals surface area contributed by atoms with Crippen molar-refractivity contribution in [3.63, 3.8) is 0 Å². The summed E-state index contributed by atoms with van der Waals surface area (Å²) in [7, 11) is 0. The van der Waals surface area contributed by atoms with Crippen LogP contribution < -0.4 is 10.6 Å².